The highest BCUT2D eigenvalue weighted by molar-refractivity contribution is 5.94. The molecule has 0 aliphatic carbocycles. The molecule has 0 saturated heterocycles. The topological polar surface area (TPSA) is 29.1 Å². The van der Waals surface area contributed by atoms with E-state index in [1.54, 1.807) is 0 Å². The molecular formula is C23H23NO. The largest absolute Gasteiger partial charge is 0.350 e. The number of benzene rings is 3. The average molecular weight is 329 g/mol. The van der Waals surface area contributed by atoms with Crippen LogP contribution in [0.4, 0.5) is 0 Å². The standard InChI is InChI=1S/C23H23NO/c1-18(12-13-19-8-4-2-5-9-19)24-23(25)22-16-14-21(15-17-22)20-10-6-3-7-11-20/h2-11,14-18H,12-13H2,1H3,(H,24,25). The highest BCUT2D eigenvalue weighted by atomic mass is 16.1. The number of amides is 1. The van der Waals surface area contributed by atoms with Gasteiger partial charge in [0.15, 0.2) is 0 Å². The molecule has 0 fully saturated rings. The Morgan fingerprint density at radius 3 is 2.00 bits per heavy atom. The van der Waals surface area contributed by atoms with E-state index in [4.69, 9.17) is 0 Å². The van der Waals surface area contributed by atoms with Crippen LogP contribution in [0.15, 0.2) is 84.9 Å². The van der Waals surface area contributed by atoms with E-state index in [0.717, 1.165) is 24.0 Å². The second-order valence-electron chi connectivity index (χ2n) is 6.34. The predicted molar refractivity (Wildman–Crippen MR) is 104 cm³/mol. The number of hydrogen-bond acceptors (Lipinski definition) is 1. The molecule has 1 unspecified atom stereocenters. The molecule has 2 heteroatoms. The first-order valence-electron chi connectivity index (χ1n) is 8.72. The molecule has 1 atom stereocenters. The van der Waals surface area contributed by atoms with Gasteiger partial charge in [-0.2, -0.15) is 0 Å². The fourth-order valence-corrected chi connectivity index (χ4v) is 2.85. The minimum absolute atomic E-state index is 0.0137. The molecule has 0 aromatic heterocycles. The normalized spacial score (nSPS) is 11.7. The lowest BCUT2D eigenvalue weighted by molar-refractivity contribution is 0.0938. The molecule has 3 aromatic carbocycles. The lowest BCUT2D eigenvalue weighted by atomic mass is 10.0. The van der Waals surface area contributed by atoms with Gasteiger partial charge in [0.25, 0.3) is 5.91 Å². The maximum atomic E-state index is 12.4. The second kappa shape index (κ2) is 8.29. The molecule has 0 aliphatic heterocycles. The molecule has 0 saturated carbocycles. The van der Waals surface area contributed by atoms with E-state index < -0.39 is 0 Å². The fraction of sp³-hybridized carbons (Fsp3) is 0.174. The first-order valence-corrected chi connectivity index (χ1v) is 8.72. The Bertz CT molecular complexity index is 795. The van der Waals surface area contributed by atoms with Crippen LogP contribution in [0, 0.1) is 0 Å². The Kier molecular flexibility index (Phi) is 5.63. The Hall–Kier alpha value is -2.87. The van der Waals surface area contributed by atoms with Gasteiger partial charge in [0, 0.05) is 11.6 Å². The van der Waals surface area contributed by atoms with Crippen molar-refractivity contribution in [1.82, 2.24) is 5.32 Å². The summed E-state index contributed by atoms with van der Waals surface area (Å²) in [7, 11) is 0. The van der Waals surface area contributed by atoms with E-state index in [9.17, 15) is 4.79 Å². The van der Waals surface area contributed by atoms with Crippen LogP contribution < -0.4 is 5.32 Å². The summed E-state index contributed by atoms with van der Waals surface area (Å²) in [6.45, 7) is 2.05. The van der Waals surface area contributed by atoms with Crippen LogP contribution in [0.5, 0.6) is 0 Å². The molecule has 1 N–H and O–H groups in total. The van der Waals surface area contributed by atoms with E-state index in [2.05, 4.69) is 36.5 Å². The van der Waals surface area contributed by atoms with Gasteiger partial charge >= 0.3 is 0 Å². The third-order valence-corrected chi connectivity index (χ3v) is 4.34. The molecule has 0 aliphatic rings. The van der Waals surface area contributed by atoms with Gasteiger partial charge in [0.1, 0.15) is 0 Å². The third-order valence-electron chi connectivity index (χ3n) is 4.34. The van der Waals surface area contributed by atoms with Crippen molar-refractivity contribution in [1.29, 1.82) is 0 Å². The van der Waals surface area contributed by atoms with Gasteiger partial charge < -0.3 is 5.32 Å². The molecule has 0 bridgehead atoms. The molecule has 3 rings (SSSR count). The molecule has 3 aromatic rings. The van der Waals surface area contributed by atoms with E-state index in [-0.39, 0.29) is 11.9 Å². The first kappa shape index (κ1) is 17.0. The molecule has 2 nitrogen and oxygen atoms in total. The van der Waals surface area contributed by atoms with Crippen molar-refractivity contribution in [3.8, 4) is 11.1 Å². The van der Waals surface area contributed by atoms with Crippen molar-refractivity contribution >= 4 is 5.91 Å². The van der Waals surface area contributed by atoms with Gasteiger partial charge in [0.2, 0.25) is 0 Å². The van der Waals surface area contributed by atoms with E-state index in [1.807, 2.05) is 60.7 Å². The maximum absolute atomic E-state index is 12.4. The van der Waals surface area contributed by atoms with Gasteiger partial charge in [-0.25, -0.2) is 0 Å². The van der Waals surface area contributed by atoms with Crippen LogP contribution >= 0.6 is 0 Å². The van der Waals surface area contributed by atoms with Gasteiger partial charge in [-0.3, -0.25) is 4.79 Å². The van der Waals surface area contributed by atoms with Gasteiger partial charge in [-0.05, 0) is 48.6 Å². The summed E-state index contributed by atoms with van der Waals surface area (Å²) in [6, 6.07) is 28.5. The van der Waals surface area contributed by atoms with Gasteiger partial charge in [-0.1, -0.05) is 72.8 Å². The van der Waals surface area contributed by atoms with Crippen molar-refractivity contribution in [2.24, 2.45) is 0 Å². The summed E-state index contributed by atoms with van der Waals surface area (Å²) in [5.41, 5.74) is 4.28. The smallest absolute Gasteiger partial charge is 0.251 e. The molecule has 126 valence electrons. The summed E-state index contributed by atoms with van der Waals surface area (Å²) in [5, 5.41) is 3.09. The lowest BCUT2D eigenvalue weighted by Crippen LogP contribution is -2.32. The number of carbonyl (C=O) groups is 1. The zero-order valence-corrected chi connectivity index (χ0v) is 14.5. The highest BCUT2D eigenvalue weighted by Gasteiger charge is 2.10. The Morgan fingerprint density at radius 1 is 0.800 bits per heavy atom. The minimum atomic E-state index is -0.0137. The SMILES string of the molecule is CC(CCc1ccccc1)NC(=O)c1ccc(-c2ccccc2)cc1. The van der Waals surface area contributed by atoms with Crippen LogP contribution in [0.2, 0.25) is 0 Å². The Labute approximate surface area is 149 Å². The number of carbonyl (C=O) groups excluding carboxylic acids is 1. The molecular weight excluding hydrogens is 306 g/mol. The van der Waals surface area contributed by atoms with Crippen molar-refractivity contribution in [3.63, 3.8) is 0 Å². The summed E-state index contributed by atoms with van der Waals surface area (Å²) in [6.07, 6.45) is 1.90. The Morgan fingerprint density at radius 2 is 1.36 bits per heavy atom. The minimum Gasteiger partial charge on any atom is -0.350 e. The fourth-order valence-electron chi connectivity index (χ4n) is 2.85. The van der Waals surface area contributed by atoms with Crippen LogP contribution in [0.3, 0.4) is 0 Å². The van der Waals surface area contributed by atoms with Gasteiger partial charge in [-0.15, -0.1) is 0 Å². The molecule has 1 amide bonds. The first-order chi connectivity index (χ1) is 12.2. The summed E-state index contributed by atoms with van der Waals surface area (Å²) < 4.78 is 0. The van der Waals surface area contributed by atoms with Crippen LogP contribution in [0.25, 0.3) is 11.1 Å². The average Bonchev–Trinajstić information content (AvgIpc) is 2.68. The second-order valence-corrected chi connectivity index (χ2v) is 6.34. The number of hydrogen-bond donors (Lipinski definition) is 1. The highest BCUT2D eigenvalue weighted by Crippen LogP contribution is 2.19. The molecule has 25 heavy (non-hydrogen) atoms. The number of rotatable bonds is 6. The Balaban J connectivity index is 1.55. The van der Waals surface area contributed by atoms with E-state index in [0.29, 0.717) is 5.56 Å². The van der Waals surface area contributed by atoms with Crippen LogP contribution in [0.1, 0.15) is 29.3 Å². The van der Waals surface area contributed by atoms with Gasteiger partial charge in [0.05, 0.1) is 0 Å². The van der Waals surface area contributed by atoms with E-state index >= 15 is 0 Å². The lowest BCUT2D eigenvalue weighted by Gasteiger charge is -2.14. The predicted octanol–water partition coefficient (Wildman–Crippen LogP) is 5.10. The van der Waals surface area contributed by atoms with Crippen molar-refractivity contribution in [2.75, 3.05) is 0 Å². The monoisotopic (exact) mass is 329 g/mol. The molecule has 0 radical (unpaired) electrons. The van der Waals surface area contributed by atoms with Crippen molar-refractivity contribution in [2.45, 2.75) is 25.8 Å². The van der Waals surface area contributed by atoms with Crippen LogP contribution in [-0.2, 0) is 6.42 Å². The maximum Gasteiger partial charge on any atom is 0.251 e. The summed E-state index contributed by atoms with van der Waals surface area (Å²) in [4.78, 5) is 12.4. The molecule has 0 heterocycles. The van der Waals surface area contributed by atoms with Crippen LogP contribution in [-0.4, -0.2) is 11.9 Å². The van der Waals surface area contributed by atoms with Crippen molar-refractivity contribution in [3.05, 3.63) is 96.1 Å². The zero-order valence-electron chi connectivity index (χ0n) is 14.5. The third kappa shape index (κ3) is 4.80. The van der Waals surface area contributed by atoms with E-state index in [1.165, 1.54) is 5.56 Å². The zero-order chi connectivity index (χ0) is 17.5. The quantitative estimate of drug-likeness (QED) is 0.669. The summed E-state index contributed by atoms with van der Waals surface area (Å²) >= 11 is 0. The molecule has 0 spiro atoms. The van der Waals surface area contributed by atoms with Crippen molar-refractivity contribution < 1.29 is 4.79 Å². The number of nitrogens with one attached hydrogen (secondary N) is 1. The number of aryl methyl sites for hydroxylation is 1. The summed E-state index contributed by atoms with van der Waals surface area (Å²) in [5.74, 6) is -0.0137.